The number of nitrogens with one attached hydrogen (secondary N) is 3. The number of carbonyl (C=O) groups excluding carboxylic acids is 4. The number of rotatable bonds is 20. The average molecular weight is 750 g/mol. The molecule has 0 saturated carbocycles. The molecule has 4 amide bonds. The minimum Gasteiger partial charge on any atom is -0.379 e. The summed E-state index contributed by atoms with van der Waals surface area (Å²) in [6.45, 7) is 22.4. The number of ether oxygens (including phenoxy) is 2. The first-order valence-corrected chi connectivity index (χ1v) is 20.0. The smallest absolute Gasteiger partial charge is 0.245 e. The molecule has 10 unspecified atom stereocenters. The maximum atomic E-state index is 14.2. The average Bonchev–Trinajstić information content (AvgIpc) is 3.63. The zero-order chi connectivity index (χ0) is 40.6. The SMILES string of the molecule is CC.CCC(C)C(C(CC(=O)N1CCCC1C(OC)C(C)C(=O)NC(C)C(C)c1ccccc1)OC)N(C)C(=O)C(NC(=O)C(NC)C(C)C)C(C)C.[HH].[HH]. The molecule has 1 saturated heterocycles. The maximum Gasteiger partial charge on any atom is 0.245 e. The number of carbonyl (C=O) groups is 4. The first-order chi connectivity index (χ1) is 25.0. The molecule has 2 rings (SSSR count). The van der Waals surface area contributed by atoms with Crippen LogP contribution in [0.5, 0.6) is 0 Å². The molecule has 53 heavy (non-hydrogen) atoms. The van der Waals surface area contributed by atoms with Gasteiger partial charge in [-0.2, -0.15) is 0 Å². The summed E-state index contributed by atoms with van der Waals surface area (Å²) in [5.41, 5.74) is 1.16. The highest BCUT2D eigenvalue weighted by molar-refractivity contribution is 5.90. The van der Waals surface area contributed by atoms with Crippen LogP contribution in [-0.4, -0.2) is 111 Å². The van der Waals surface area contributed by atoms with Crippen LogP contribution in [0.4, 0.5) is 0 Å². The van der Waals surface area contributed by atoms with Gasteiger partial charge in [0.05, 0.1) is 42.7 Å². The monoisotopic (exact) mass is 750 g/mol. The summed E-state index contributed by atoms with van der Waals surface area (Å²) < 4.78 is 12.0. The second-order valence-corrected chi connectivity index (χ2v) is 15.3. The van der Waals surface area contributed by atoms with Crippen LogP contribution < -0.4 is 16.0 Å². The van der Waals surface area contributed by atoms with E-state index in [1.165, 1.54) is 0 Å². The van der Waals surface area contributed by atoms with E-state index >= 15 is 0 Å². The normalized spacial score (nSPS) is 19.5. The number of hydrogen-bond donors (Lipinski definition) is 3. The molecule has 1 aromatic carbocycles. The molecule has 11 heteroatoms. The van der Waals surface area contributed by atoms with E-state index in [2.05, 4.69) is 48.9 Å². The lowest BCUT2D eigenvalue weighted by molar-refractivity contribution is -0.147. The number of methoxy groups -OCH3 is 2. The van der Waals surface area contributed by atoms with Gasteiger partial charge >= 0.3 is 0 Å². The zero-order valence-corrected chi connectivity index (χ0v) is 35.7. The van der Waals surface area contributed by atoms with Crippen molar-refractivity contribution in [2.45, 2.75) is 150 Å². The first kappa shape index (κ1) is 48.0. The van der Waals surface area contributed by atoms with Crippen LogP contribution in [0.3, 0.4) is 0 Å². The zero-order valence-electron chi connectivity index (χ0n) is 35.7. The fourth-order valence-electron chi connectivity index (χ4n) is 7.58. The Morgan fingerprint density at radius 3 is 1.96 bits per heavy atom. The molecule has 0 aromatic heterocycles. The summed E-state index contributed by atoms with van der Waals surface area (Å²) in [6.07, 6.45) is 1.27. The highest BCUT2D eigenvalue weighted by Crippen LogP contribution is 2.30. The van der Waals surface area contributed by atoms with Crippen LogP contribution in [0.15, 0.2) is 30.3 Å². The van der Waals surface area contributed by atoms with Crippen molar-refractivity contribution in [3.8, 4) is 0 Å². The van der Waals surface area contributed by atoms with Crippen molar-refractivity contribution in [2.24, 2.45) is 23.7 Å². The summed E-state index contributed by atoms with van der Waals surface area (Å²) in [4.78, 5) is 58.5. The van der Waals surface area contributed by atoms with E-state index in [4.69, 9.17) is 9.47 Å². The molecule has 0 aliphatic carbocycles. The van der Waals surface area contributed by atoms with Gasteiger partial charge in [-0.05, 0) is 50.1 Å². The third-order valence-corrected chi connectivity index (χ3v) is 11.2. The molecule has 1 aliphatic heterocycles. The standard InChI is InChI=1S/C40H69N5O6.C2H6.2H2/c1-14-26(6)36(44(11)40(49)35(25(4)5)43-39(48)34(41-10)24(2)3)32(50-12)23-33(46)45-22-18-21-31(45)37(51-13)28(8)38(47)42-29(9)27(7)30-19-16-15-17-20-30;1-2;;/h15-17,19-20,24-29,31-32,34-37,41H,14,18,21-23H2,1-13H3,(H,42,47)(H,43,48);1-2H3;2*1H. The minimum absolute atomic E-state index is 0. The molecule has 1 fully saturated rings. The van der Waals surface area contributed by atoms with Crippen molar-refractivity contribution in [3.05, 3.63) is 35.9 Å². The summed E-state index contributed by atoms with van der Waals surface area (Å²) in [5.74, 6) is -1.11. The number of nitrogens with zero attached hydrogens (tertiary/aromatic N) is 2. The van der Waals surface area contributed by atoms with E-state index in [0.29, 0.717) is 6.54 Å². The number of likely N-dealkylation sites (N-methyl/N-ethyl adjacent to an activating group) is 2. The minimum atomic E-state index is -0.742. The second-order valence-electron chi connectivity index (χ2n) is 15.3. The van der Waals surface area contributed by atoms with Gasteiger partial charge in [0.1, 0.15) is 6.04 Å². The Labute approximate surface area is 325 Å². The molecule has 308 valence electrons. The van der Waals surface area contributed by atoms with Gasteiger partial charge in [-0.1, -0.05) is 106 Å². The van der Waals surface area contributed by atoms with Gasteiger partial charge in [-0.3, -0.25) is 19.2 Å². The van der Waals surface area contributed by atoms with E-state index < -0.39 is 36.3 Å². The summed E-state index contributed by atoms with van der Waals surface area (Å²) in [5, 5.41) is 9.25. The summed E-state index contributed by atoms with van der Waals surface area (Å²) in [6, 6.07) is 8.16. The molecule has 0 radical (unpaired) electrons. The Bertz CT molecular complexity index is 1260. The molecule has 0 bridgehead atoms. The molecular weight excluding hydrogens is 670 g/mol. The van der Waals surface area contributed by atoms with Crippen molar-refractivity contribution < 1.29 is 31.5 Å². The Kier molecular flexibility index (Phi) is 21.5. The lowest BCUT2D eigenvalue weighted by atomic mass is 9.89. The maximum absolute atomic E-state index is 14.2. The van der Waals surface area contributed by atoms with Crippen LogP contribution in [0.2, 0.25) is 0 Å². The fraction of sp³-hybridized carbons (Fsp3) is 0.762. The van der Waals surface area contributed by atoms with Crippen molar-refractivity contribution in [3.63, 3.8) is 0 Å². The van der Waals surface area contributed by atoms with Gasteiger partial charge in [0.2, 0.25) is 23.6 Å². The Balaban J connectivity index is 0. The molecule has 11 nitrogen and oxygen atoms in total. The topological polar surface area (TPSA) is 129 Å². The van der Waals surface area contributed by atoms with Gasteiger partial charge in [-0.15, -0.1) is 0 Å². The largest absolute Gasteiger partial charge is 0.379 e. The summed E-state index contributed by atoms with van der Waals surface area (Å²) >= 11 is 0. The van der Waals surface area contributed by atoms with E-state index in [9.17, 15) is 19.2 Å². The van der Waals surface area contributed by atoms with Crippen LogP contribution in [0.25, 0.3) is 0 Å². The number of amides is 4. The van der Waals surface area contributed by atoms with Crippen LogP contribution in [-0.2, 0) is 28.7 Å². The van der Waals surface area contributed by atoms with E-state index in [-0.39, 0.29) is 68.7 Å². The third kappa shape index (κ3) is 13.1. The Morgan fingerprint density at radius 2 is 1.47 bits per heavy atom. The lowest BCUT2D eigenvalue weighted by Gasteiger charge is -2.41. The van der Waals surface area contributed by atoms with Gasteiger partial charge < -0.3 is 35.2 Å². The first-order valence-electron chi connectivity index (χ1n) is 20.0. The number of benzene rings is 1. The van der Waals surface area contributed by atoms with Gasteiger partial charge in [0.25, 0.3) is 0 Å². The molecule has 1 aromatic rings. The molecule has 1 heterocycles. The lowest BCUT2D eigenvalue weighted by Crippen LogP contribution is -2.59. The van der Waals surface area contributed by atoms with Crippen LogP contribution in [0, 0.1) is 23.7 Å². The molecule has 1 aliphatic rings. The highest BCUT2D eigenvalue weighted by Gasteiger charge is 2.43. The summed E-state index contributed by atoms with van der Waals surface area (Å²) in [7, 11) is 6.67. The van der Waals surface area contributed by atoms with Crippen molar-refractivity contribution in [1.29, 1.82) is 0 Å². The van der Waals surface area contributed by atoms with Crippen LogP contribution >= 0.6 is 0 Å². The Morgan fingerprint density at radius 1 is 0.887 bits per heavy atom. The molecule has 10 atom stereocenters. The van der Waals surface area contributed by atoms with Crippen molar-refractivity contribution in [2.75, 3.05) is 34.9 Å². The second kappa shape index (κ2) is 23.7. The molecule has 3 N–H and O–H groups in total. The van der Waals surface area contributed by atoms with E-state index in [1.807, 2.05) is 78.5 Å². The van der Waals surface area contributed by atoms with Crippen molar-refractivity contribution in [1.82, 2.24) is 25.8 Å². The quantitative estimate of drug-likeness (QED) is 0.147. The number of likely N-dealkylation sites (tertiary alicyclic amines) is 1. The van der Waals surface area contributed by atoms with E-state index in [0.717, 1.165) is 24.8 Å². The Hall–Kier alpha value is -3.02. The molecular formula is C42H79N5O6. The number of hydrogen-bond acceptors (Lipinski definition) is 7. The van der Waals surface area contributed by atoms with Gasteiger partial charge in [-0.25, -0.2) is 0 Å². The predicted octanol–water partition coefficient (Wildman–Crippen LogP) is 6.12. The third-order valence-electron chi connectivity index (χ3n) is 11.2. The predicted molar refractivity (Wildman–Crippen MR) is 219 cm³/mol. The van der Waals surface area contributed by atoms with Crippen LogP contribution in [0.1, 0.15) is 116 Å². The molecule has 0 spiro atoms. The van der Waals surface area contributed by atoms with Crippen molar-refractivity contribution >= 4 is 23.6 Å². The van der Waals surface area contributed by atoms with Gasteiger partial charge in [0.15, 0.2) is 0 Å². The van der Waals surface area contributed by atoms with E-state index in [1.54, 1.807) is 33.2 Å². The highest BCUT2D eigenvalue weighted by atomic mass is 16.5. The fourth-order valence-corrected chi connectivity index (χ4v) is 7.58. The van der Waals surface area contributed by atoms with Gasteiger partial charge in [0, 0.05) is 42.6 Å².